The summed E-state index contributed by atoms with van der Waals surface area (Å²) in [6, 6.07) is 6.43. The Kier molecular flexibility index (Phi) is 8.71. The van der Waals surface area contributed by atoms with E-state index in [0.717, 1.165) is 32.5 Å². The maximum Gasteiger partial charge on any atom is 0.251 e. The van der Waals surface area contributed by atoms with Crippen molar-refractivity contribution in [1.29, 1.82) is 0 Å². The maximum atomic E-state index is 13.7. The van der Waals surface area contributed by atoms with Crippen LogP contribution in [0.3, 0.4) is 0 Å². The third-order valence-electron chi connectivity index (χ3n) is 7.92. The molecular weight excluding hydrogens is 470 g/mol. The highest BCUT2D eigenvalue weighted by molar-refractivity contribution is 5.99. The zero-order chi connectivity index (χ0) is 26.7. The third kappa shape index (κ3) is 6.41. The molecule has 2 amide bonds. The Morgan fingerprint density at radius 1 is 1.16 bits per heavy atom. The average molecular weight is 514 g/mol. The minimum absolute atomic E-state index is 0.0146. The summed E-state index contributed by atoms with van der Waals surface area (Å²) < 4.78 is 11.1. The van der Waals surface area contributed by atoms with Crippen LogP contribution in [0.1, 0.15) is 75.2 Å². The molecule has 0 aliphatic carbocycles. The van der Waals surface area contributed by atoms with Crippen molar-refractivity contribution in [2.45, 2.75) is 83.6 Å². The number of nitrogens with zero attached hydrogens (tertiary/aromatic N) is 2. The molecule has 3 saturated heterocycles. The second-order valence-electron chi connectivity index (χ2n) is 12.0. The number of carbonyl (C=O) groups excluding carboxylic acids is 3. The summed E-state index contributed by atoms with van der Waals surface area (Å²) >= 11 is 0. The highest BCUT2D eigenvalue weighted by atomic mass is 16.5. The van der Waals surface area contributed by atoms with E-state index in [-0.39, 0.29) is 42.3 Å². The standard InChI is InChI=1S/C29H43N3O5/c1-6-13-31-14-11-20(12-15-31)19-7-9-21(10-8-19)27(34)30-22(16-29(2,3)4)28(35)32-17-24(36-5)26-25(32)23(33)18-37-26/h7-10,20,22,24-26H,6,11-18H2,1-5H3,(H,30,34)/t22-,24-,25+,26+/m0/s1. The summed E-state index contributed by atoms with van der Waals surface area (Å²) in [5.41, 5.74) is 1.59. The minimum Gasteiger partial charge on any atom is -0.377 e. The summed E-state index contributed by atoms with van der Waals surface area (Å²) in [5.74, 6) is -0.134. The monoisotopic (exact) mass is 513 g/mol. The normalized spacial score (nSPS) is 25.8. The van der Waals surface area contributed by atoms with Crippen molar-refractivity contribution in [3.8, 4) is 0 Å². The SMILES string of the molecule is CCCN1CCC(c2ccc(C(=O)N[C@@H](CC(C)(C)C)C(=O)N3C[C@H](OC)[C@H]4OCC(=O)[C@H]43)cc2)CC1. The fourth-order valence-corrected chi connectivity index (χ4v) is 6.01. The number of carbonyl (C=O) groups is 3. The van der Waals surface area contributed by atoms with E-state index in [9.17, 15) is 14.4 Å². The molecule has 0 unspecified atom stereocenters. The van der Waals surface area contributed by atoms with Crippen LogP contribution in [0.25, 0.3) is 0 Å². The van der Waals surface area contributed by atoms with Gasteiger partial charge in [-0.2, -0.15) is 0 Å². The number of ketones is 1. The number of Topliss-reactive ketones (excluding diaryl/α,β-unsaturated/α-hetero) is 1. The molecule has 3 aliphatic rings. The van der Waals surface area contributed by atoms with Crippen LogP contribution in [0.4, 0.5) is 0 Å². The van der Waals surface area contributed by atoms with Crippen LogP contribution in [-0.4, -0.2) is 91.6 Å². The molecule has 4 rings (SSSR count). The highest BCUT2D eigenvalue weighted by Gasteiger charge is 2.53. The predicted molar refractivity (Wildman–Crippen MR) is 142 cm³/mol. The second kappa shape index (κ2) is 11.6. The van der Waals surface area contributed by atoms with Crippen molar-refractivity contribution >= 4 is 17.6 Å². The van der Waals surface area contributed by atoms with Gasteiger partial charge in [-0.1, -0.05) is 39.8 Å². The zero-order valence-corrected chi connectivity index (χ0v) is 23.0. The van der Waals surface area contributed by atoms with Gasteiger partial charge in [-0.3, -0.25) is 14.4 Å². The molecular formula is C29H43N3O5. The smallest absolute Gasteiger partial charge is 0.251 e. The lowest BCUT2D eigenvalue weighted by Crippen LogP contribution is -2.53. The molecule has 3 aliphatic heterocycles. The first kappa shape index (κ1) is 27.7. The Bertz CT molecular complexity index is 965. The maximum absolute atomic E-state index is 13.7. The topological polar surface area (TPSA) is 88.2 Å². The van der Waals surface area contributed by atoms with E-state index in [0.29, 0.717) is 17.9 Å². The van der Waals surface area contributed by atoms with E-state index in [2.05, 4.69) is 29.3 Å². The van der Waals surface area contributed by atoms with Crippen molar-refractivity contribution in [2.75, 3.05) is 39.9 Å². The highest BCUT2D eigenvalue weighted by Crippen LogP contribution is 2.32. The summed E-state index contributed by atoms with van der Waals surface area (Å²) in [7, 11) is 1.56. The number of hydrogen-bond donors (Lipinski definition) is 1. The Morgan fingerprint density at radius 2 is 1.84 bits per heavy atom. The number of amides is 2. The number of fused-ring (bicyclic) bond motifs is 1. The molecule has 8 heteroatoms. The number of rotatable bonds is 8. The first-order valence-corrected chi connectivity index (χ1v) is 13.7. The Balaban J connectivity index is 1.44. The van der Waals surface area contributed by atoms with E-state index in [1.807, 2.05) is 32.9 Å². The first-order chi connectivity index (χ1) is 17.6. The Morgan fingerprint density at radius 3 is 2.43 bits per heavy atom. The molecule has 0 aromatic heterocycles. The molecule has 0 saturated carbocycles. The quantitative estimate of drug-likeness (QED) is 0.575. The van der Waals surface area contributed by atoms with Gasteiger partial charge in [-0.05, 0) is 74.3 Å². The predicted octanol–water partition coefficient (Wildman–Crippen LogP) is 3.00. The van der Waals surface area contributed by atoms with E-state index in [1.54, 1.807) is 12.0 Å². The summed E-state index contributed by atoms with van der Waals surface area (Å²) in [6.45, 7) is 12.0. The van der Waals surface area contributed by atoms with Crippen molar-refractivity contribution < 1.29 is 23.9 Å². The summed E-state index contributed by atoms with van der Waals surface area (Å²) in [4.78, 5) is 43.6. The molecule has 3 heterocycles. The van der Waals surface area contributed by atoms with Crippen LogP contribution in [-0.2, 0) is 19.1 Å². The number of ether oxygens (including phenoxy) is 2. The van der Waals surface area contributed by atoms with Crippen molar-refractivity contribution in [2.24, 2.45) is 5.41 Å². The Hall–Kier alpha value is -2.29. The fourth-order valence-electron chi connectivity index (χ4n) is 6.01. The molecule has 4 atom stereocenters. The molecule has 0 bridgehead atoms. The average Bonchev–Trinajstić information content (AvgIpc) is 3.43. The van der Waals surface area contributed by atoms with Gasteiger partial charge in [0.15, 0.2) is 5.78 Å². The van der Waals surface area contributed by atoms with Crippen LogP contribution in [0.2, 0.25) is 0 Å². The van der Waals surface area contributed by atoms with Gasteiger partial charge >= 0.3 is 0 Å². The minimum atomic E-state index is -0.750. The van der Waals surface area contributed by atoms with Gasteiger partial charge in [-0.25, -0.2) is 0 Å². The van der Waals surface area contributed by atoms with Gasteiger partial charge in [0, 0.05) is 12.7 Å². The number of piperidine rings is 1. The van der Waals surface area contributed by atoms with Gasteiger partial charge in [0.2, 0.25) is 5.91 Å². The van der Waals surface area contributed by atoms with Crippen molar-refractivity contribution in [3.05, 3.63) is 35.4 Å². The van der Waals surface area contributed by atoms with Gasteiger partial charge in [0.05, 0.1) is 6.54 Å². The summed E-state index contributed by atoms with van der Waals surface area (Å²) in [5, 5.41) is 2.98. The van der Waals surface area contributed by atoms with Crippen molar-refractivity contribution in [1.82, 2.24) is 15.1 Å². The van der Waals surface area contributed by atoms with Crippen LogP contribution in [0.15, 0.2) is 24.3 Å². The largest absolute Gasteiger partial charge is 0.377 e. The third-order valence-corrected chi connectivity index (χ3v) is 7.92. The molecule has 204 valence electrons. The lowest BCUT2D eigenvalue weighted by molar-refractivity contribution is -0.138. The second-order valence-corrected chi connectivity index (χ2v) is 12.0. The number of nitrogens with one attached hydrogen (secondary N) is 1. The lowest BCUT2D eigenvalue weighted by atomic mass is 9.87. The van der Waals surface area contributed by atoms with Crippen LogP contribution in [0, 0.1) is 5.41 Å². The summed E-state index contributed by atoms with van der Waals surface area (Å²) in [6.07, 6.45) is 3.10. The number of hydrogen-bond acceptors (Lipinski definition) is 6. The van der Waals surface area contributed by atoms with Gasteiger partial charge in [0.25, 0.3) is 5.91 Å². The van der Waals surface area contributed by atoms with Gasteiger partial charge in [0.1, 0.15) is 30.9 Å². The molecule has 1 aromatic carbocycles. The van der Waals surface area contributed by atoms with Crippen LogP contribution in [0.5, 0.6) is 0 Å². The number of likely N-dealkylation sites (tertiary alicyclic amines) is 2. The lowest BCUT2D eigenvalue weighted by Gasteiger charge is -2.32. The molecule has 8 nitrogen and oxygen atoms in total. The van der Waals surface area contributed by atoms with Crippen molar-refractivity contribution in [3.63, 3.8) is 0 Å². The molecule has 3 fully saturated rings. The van der Waals surface area contributed by atoms with Gasteiger partial charge in [-0.15, -0.1) is 0 Å². The van der Waals surface area contributed by atoms with E-state index >= 15 is 0 Å². The number of benzene rings is 1. The molecule has 0 spiro atoms. The van der Waals surface area contributed by atoms with E-state index in [4.69, 9.17) is 9.47 Å². The molecule has 1 N–H and O–H groups in total. The fraction of sp³-hybridized carbons (Fsp3) is 0.690. The molecule has 37 heavy (non-hydrogen) atoms. The van der Waals surface area contributed by atoms with Crippen LogP contribution >= 0.6 is 0 Å². The van der Waals surface area contributed by atoms with E-state index < -0.39 is 18.2 Å². The molecule has 0 radical (unpaired) electrons. The number of methoxy groups -OCH3 is 1. The Labute approximate surface area is 221 Å². The first-order valence-electron chi connectivity index (χ1n) is 13.7. The van der Waals surface area contributed by atoms with Gasteiger partial charge < -0.3 is 24.6 Å². The van der Waals surface area contributed by atoms with E-state index in [1.165, 1.54) is 12.0 Å². The zero-order valence-electron chi connectivity index (χ0n) is 23.0. The van der Waals surface area contributed by atoms with Crippen LogP contribution < -0.4 is 5.32 Å². The molecule has 1 aromatic rings.